The van der Waals surface area contributed by atoms with Gasteiger partial charge in [-0.3, -0.25) is 24.3 Å². The molecule has 4 rings (SSSR count). The van der Waals surface area contributed by atoms with Gasteiger partial charge in [0.25, 0.3) is 17.4 Å². The molecule has 0 unspecified atom stereocenters. The van der Waals surface area contributed by atoms with Crippen LogP contribution < -0.4 is 16.6 Å². The predicted octanol–water partition coefficient (Wildman–Crippen LogP) is 1.40. The SMILES string of the molecule is CCCc1nc2ccc(-n3c(N)c4c(cc3=O)C(=O)NC4=O)cc2o1. The molecule has 126 valence electrons. The van der Waals surface area contributed by atoms with Crippen LogP contribution in [0, 0.1) is 0 Å². The molecule has 1 aliphatic rings. The Morgan fingerprint density at radius 2 is 2.00 bits per heavy atom. The molecule has 2 amide bonds. The number of nitrogens with two attached hydrogens (primary N) is 1. The molecule has 25 heavy (non-hydrogen) atoms. The van der Waals surface area contributed by atoms with Crippen LogP contribution in [0.5, 0.6) is 0 Å². The second-order valence-electron chi connectivity index (χ2n) is 5.78. The van der Waals surface area contributed by atoms with Crippen LogP contribution in [-0.2, 0) is 6.42 Å². The van der Waals surface area contributed by atoms with E-state index in [1.54, 1.807) is 18.2 Å². The van der Waals surface area contributed by atoms with Crippen LogP contribution in [0.15, 0.2) is 33.5 Å². The number of benzene rings is 1. The van der Waals surface area contributed by atoms with Crippen molar-refractivity contribution in [2.24, 2.45) is 0 Å². The lowest BCUT2D eigenvalue weighted by Crippen LogP contribution is -2.24. The number of nitrogens with zero attached hydrogens (tertiary/aromatic N) is 2. The third kappa shape index (κ3) is 2.22. The average molecular weight is 338 g/mol. The summed E-state index contributed by atoms with van der Waals surface area (Å²) in [5.74, 6) is -0.699. The summed E-state index contributed by atoms with van der Waals surface area (Å²) in [7, 11) is 0. The number of nitrogen functional groups attached to an aromatic ring is 1. The molecular formula is C17H14N4O4. The molecular weight excluding hydrogens is 324 g/mol. The number of oxazole rings is 1. The maximum atomic E-state index is 12.4. The topological polar surface area (TPSA) is 120 Å². The van der Waals surface area contributed by atoms with E-state index in [-0.39, 0.29) is 16.9 Å². The van der Waals surface area contributed by atoms with Crippen molar-refractivity contribution in [3.05, 3.63) is 51.6 Å². The monoisotopic (exact) mass is 338 g/mol. The number of carbonyl (C=O) groups excluding carboxylic acids is 2. The van der Waals surface area contributed by atoms with Gasteiger partial charge in [0, 0.05) is 18.6 Å². The van der Waals surface area contributed by atoms with Gasteiger partial charge < -0.3 is 10.2 Å². The molecule has 0 spiro atoms. The number of imide groups is 1. The Bertz CT molecular complexity index is 1110. The van der Waals surface area contributed by atoms with Crippen LogP contribution in [0.3, 0.4) is 0 Å². The molecule has 0 bridgehead atoms. The summed E-state index contributed by atoms with van der Waals surface area (Å²) in [4.78, 5) is 40.4. The normalized spacial score (nSPS) is 13.3. The van der Waals surface area contributed by atoms with Crippen molar-refractivity contribution in [2.75, 3.05) is 5.73 Å². The summed E-state index contributed by atoms with van der Waals surface area (Å²) in [5, 5.41) is 2.14. The highest BCUT2D eigenvalue weighted by molar-refractivity contribution is 6.23. The van der Waals surface area contributed by atoms with E-state index < -0.39 is 17.4 Å². The van der Waals surface area contributed by atoms with E-state index in [0.29, 0.717) is 29.1 Å². The van der Waals surface area contributed by atoms with Gasteiger partial charge in [0.05, 0.1) is 16.8 Å². The van der Waals surface area contributed by atoms with Gasteiger partial charge >= 0.3 is 0 Å². The first-order valence-corrected chi connectivity index (χ1v) is 7.80. The highest BCUT2D eigenvalue weighted by Crippen LogP contribution is 2.25. The van der Waals surface area contributed by atoms with Crippen molar-refractivity contribution in [2.45, 2.75) is 19.8 Å². The lowest BCUT2D eigenvalue weighted by molar-refractivity contribution is 0.0880. The molecule has 1 aromatic carbocycles. The van der Waals surface area contributed by atoms with Gasteiger partial charge in [0.1, 0.15) is 11.3 Å². The van der Waals surface area contributed by atoms with Crippen molar-refractivity contribution in [1.29, 1.82) is 0 Å². The first-order chi connectivity index (χ1) is 12.0. The van der Waals surface area contributed by atoms with Crippen molar-refractivity contribution in [1.82, 2.24) is 14.9 Å². The number of pyridine rings is 1. The summed E-state index contributed by atoms with van der Waals surface area (Å²) in [6, 6.07) is 6.14. The van der Waals surface area contributed by atoms with Crippen LogP contribution >= 0.6 is 0 Å². The number of amides is 2. The molecule has 3 heterocycles. The Hall–Kier alpha value is -3.42. The molecule has 0 fully saturated rings. The minimum atomic E-state index is -0.620. The van der Waals surface area contributed by atoms with E-state index in [0.717, 1.165) is 12.5 Å². The largest absolute Gasteiger partial charge is 0.441 e. The number of fused-ring (bicyclic) bond motifs is 2. The molecule has 0 radical (unpaired) electrons. The standard InChI is InChI=1S/C17H14N4O4/c1-2-3-12-19-10-5-4-8(6-11(10)25-12)21-13(22)7-9-14(15(21)18)17(24)20-16(9)23/h4-7H,2-3,18H2,1H3,(H,20,23,24). The smallest absolute Gasteiger partial charge is 0.262 e. The van der Waals surface area contributed by atoms with Crippen molar-refractivity contribution < 1.29 is 14.0 Å². The quantitative estimate of drug-likeness (QED) is 0.696. The number of hydrogen-bond donors (Lipinski definition) is 2. The summed E-state index contributed by atoms with van der Waals surface area (Å²) < 4.78 is 6.86. The molecule has 0 atom stereocenters. The minimum Gasteiger partial charge on any atom is -0.441 e. The van der Waals surface area contributed by atoms with Gasteiger partial charge in [-0.05, 0) is 18.6 Å². The fourth-order valence-electron chi connectivity index (χ4n) is 2.97. The van der Waals surface area contributed by atoms with E-state index in [9.17, 15) is 14.4 Å². The number of nitrogens with one attached hydrogen (secondary N) is 1. The Morgan fingerprint density at radius 1 is 1.20 bits per heavy atom. The van der Waals surface area contributed by atoms with Crippen molar-refractivity contribution >= 4 is 28.7 Å². The fourth-order valence-corrected chi connectivity index (χ4v) is 2.97. The van der Waals surface area contributed by atoms with Crippen molar-refractivity contribution in [3.8, 4) is 5.69 Å². The summed E-state index contributed by atoms with van der Waals surface area (Å²) in [6.07, 6.45) is 1.62. The highest BCUT2D eigenvalue weighted by atomic mass is 16.3. The third-order valence-electron chi connectivity index (χ3n) is 4.09. The van der Waals surface area contributed by atoms with Gasteiger partial charge in [-0.1, -0.05) is 6.92 Å². The molecule has 1 aliphatic heterocycles. The van der Waals surface area contributed by atoms with Gasteiger partial charge in [0.2, 0.25) is 0 Å². The lowest BCUT2D eigenvalue weighted by atomic mass is 10.1. The number of carbonyl (C=O) groups is 2. The van der Waals surface area contributed by atoms with E-state index >= 15 is 0 Å². The van der Waals surface area contributed by atoms with E-state index in [1.165, 1.54) is 4.57 Å². The highest BCUT2D eigenvalue weighted by Gasteiger charge is 2.31. The van der Waals surface area contributed by atoms with Crippen molar-refractivity contribution in [3.63, 3.8) is 0 Å². The average Bonchev–Trinajstić information content (AvgIpc) is 3.08. The number of aryl methyl sites for hydroxylation is 1. The molecule has 0 saturated carbocycles. The molecule has 3 aromatic rings. The Balaban J connectivity index is 1.92. The fraction of sp³-hybridized carbons (Fsp3) is 0.176. The zero-order valence-corrected chi connectivity index (χ0v) is 13.3. The van der Waals surface area contributed by atoms with E-state index in [1.807, 2.05) is 6.92 Å². The molecule has 8 nitrogen and oxygen atoms in total. The summed E-state index contributed by atoms with van der Waals surface area (Å²) in [6.45, 7) is 2.03. The van der Waals surface area contributed by atoms with Gasteiger partial charge in [-0.2, -0.15) is 0 Å². The van der Waals surface area contributed by atoms with E-state index in [4.69, 9.17) is 10.2 Å². The van der Waals surface area contributed by atoms with Gasteiger partial charge in [-0.15, -0.1) is 0 Å². The number of anilines is 1. The van der Waals surface area contributed by atoms with Crippen LogP contribution in [-0.4, -0.2) is 21.4 Å². The van der Waals surface area contributed by atoms with Crippen LogP contribution in [0.25, 0.3) is 16.8 Å². The zero-order chi connectivity index (χ0) is 17.7. The second kappa shape index (κ2) is 5.30. The number of rotatable bonds is 3. The third-order valence-corrected chi connectivity index (χ3v) is 4.09. The first-order valence-electron chi connectivity index (χ1n) is 7.80. The molecule has 8 heteroatoms. The summed E-state index contributed by atoms with van der Waals surface area (Å²) in [5.41, 5.74) is 7.15. The maximum Gasteiger partial charge on any atom is 0.262 e. The van der Waals surface area contributed by atoms with Crippen LogP contribution in [0.2, 0.25) is 0 Å². The molecule has 2 aromatic heterocycles. The summed E-state index contributed by atoms with van der Waals surface area (Å²) >= 11 is 0. The molecule has 3 N–H and O–H groups in total. The molecule has 0 aliphatic carbocycles. The minimum absolute atomic E-state index is 0.00488. The zero-order valence-electron chi connectivity index (χ0n) is 13.3. The van der Waals surface area contributed by atoms with E-state index in [2.05, 4.69) is 10.3 Å². The van der Waals surface area contributed by atoms with Crippen LogP contribution in [0.1, 0.15) is 40.0 Å². The Morgan fingerprint density at radius 3 is 2.76 bits per heavy atom. The van der Waals surface area contributed by atoms with Crippen LogP contribution in [0.4, 0.5) is 5.82 Å². The Labute approximate surface area is 141 Å². The lowest BCUT2D eigenvalue weighted by Gasteiger charge is -2.11. The maximum absolute atomic E-state index is 12.4. The predicted molar refractivity (Wildman–Crippen MR) is 89.8 cm³/mol. The van der Waals surface area contributed by atoms with Gasteiger partial charge in [0.15, 0.2) is 11.5 Å². The first kappa shape index (κ1) is 15.1. The molecule has 0 saturated heterocycles. The Kier molecular flexibility index (Phi) is 3.21. The number of hydrogen-bond acceptors (Lipinski definition) is 6. The number of aromatic nitrogens is 2. The second-order valence-corrected chi connectivity index (χ2v) is 5.78. The van der Waals surface area contributed by atoms with Gasteiger partial charge in [-0.25, -0.2) is 4.98 Å².